The topological polar surface area (TPSA) is 80.8 Å². The highest BCUT2D eigenvalue weighted by Gasteiger charge is 2.17. The van der Waals surface area contributed by atoms with Crippen LogP contribution in [0.25, 0.3) is 0 Å². The Kier molecular flexibility index (Phi) is 7.19. The summed E-state index contributed by atoms with van der Waals surface area (Å²) in [6, 6.07) is 11.0. The van der Waals surface area contributed by atoms with E-state index in [1.165, 1.54) is 18.2 Å². The van der Waals surface area contributed by atoms with Crippen LogP contribution >= 0.6 is 11.3 Å². The molecule has 0 radical (unpaired) electrons. The molecule has 3 aromatic rings. The first kappa shape index (κ1) is 22.2. The van der Waals surface area contributed by atoms with E-state index in [0.717, 1.165) is 23.0 Å². The maximum absolute atomic E-state index is 13.3. The SMILES string of the molecule is COc1ccc(CCN(C)C(=O)c2csc(NC(=O)c3cccc(F)c3)n2)cc1OC. The quantitative estimate of drug-likeness (QED) is 0.572. The number of hydrogen-bond donors (Lipinski definition) is 1. The van der Waals surface area contributed by atoms with Crippen molar-refractivity contribution in [3.05, 3.63) is 70.5 Å². The summed E-state index contributed by atoms with van der Waals surface area (Å²) in [6.45, 7) is 0.469. The first-order valence-electron chi connectivity index (χ1n) is 9.40. The van der Waals surface area contributed by atoms with E-state index in [1.54, 1.807) is 31.5 Å². The second-order valence-electron chi connectivity index (χ2n) is 6.67. The number of anilines is 1. The molecule has 1 aromatic heterocycles. The largest absolute Gasteiger partial charge is 0.493 e. The van der Waals surface area contributed by atoms with Crippen LogP contribution < -0.4 is 14.8 Å². The zero-order chi connectivity index (χ0) is 22.4. The number of nitrogens with one attached hydrogen (secondary N) is 1. The van der Waals surface area contributed by atoms with E-state index in [9.17, 15) is 14.0 Å². The lowest BCUT2D eigenvalue weighted by Gasteiger charge is -2.16. The van der Waals surface area contributed by atoms with Crippen molar-refractivity contribution in [2.75, 3.05) is 33.1 Å². The van der Waals surface area contributed by atoms with Gasteiger partial charge in [-0.15, -0.1) is 11.3 Å². The summed E-state index contributed by atoms with van der Waals surface area (Å²) >= 11 is 1.13. The van der Waals surface area contributed by atoms with Crippen molar-refractivity contribution in [2.24, 2.45) is 0 Å². The van der Waals surface area contributed by atoms with Crippen molar-refractivity contribution < 1.29 is 23.5 Å². The predicted molar refractivity (Wildman–Crippen MR) is 117 cm³/mol. The molecule has 7 nitrogen and oxygen atoms in total. The summed E-state index contributed by atoms with van der Waals surface area (Å²) in [6.07, 6.45) is 0.621. The maximum atomic E-state index is 13.3. The van der Waals surface area contributed by atoms with Crippen LogP contribution in [0.3, 0.4) is 0 Å². The molecular weight excluding hydrogens is 421 g/mol. The minimum atomic E-state index is -0.501. The average molecular weight is 444 g/mol. The zero-order valence-corrected chi connectivity index (χ0v) is 18.2. The van der Waals surface area contributed by atoms with Crippen LogP contribution in [-0.2, 0) is 6.42 Å². The van der Waals surface area contributed by atoms with Gasteiger partial charge in [0.2, 0.25) is 0 Å². The number of nitrogens with zero attached hydrogens (tertiary/aromatic N) is 2. The minimum absolute atomic E-state index is 0.176. The molecule has 1 heterocycles. The summed E-state index contributed by atoms with van der Waals surface area (Å²) < 4.78 is 23.8. The molecule has 2 aromatic carbocycles. The monoisotopic (exact) mass is 443 g/mol. The highest BCUT2D eigenvalue weighted by molar-refractivity contribution is 7.14. The Balaban J connectivity index is 1.59. The van der Waals surface area contributed by atoms with E-state index in [0.29, 0.717) is 24.5 Å². The standard InChI is InChI=1S/C22H22FN3O4S/c1-26(10-9-14-7-8-18(29-2)19(11-14)30-3)21(28)17-13-31-22(24-17)25-20(27)15-5-4-6-16(23)12-15/h4-8,11-13H,9-10H2,1-3H3,(H,24,25,27). The van der Waals surface area contributed by atoms with Crippen molar-refractivity contribution in [3.63, 3.8) is 0 Å². The lowest BCUT2D eigenvalue weighted by molar-refractivity contribution is 0.0791. The van der Waals surface area contributed by atoms with Gasteiger partial charge >= 0.3 is 0 Å². The molecule has 0 aliphatic carbocycles. The number of rotatable bonds is 8. The maximum Gasteiger partial charge on any atom is 0.273 e. The molecule has 0 spiro atoms. The van der Waals surface area contributed by atoms with Crippen molar-refractivity contribution in [1.29, 1.82) is 0 Å². The number of likely N-dealkylation sites (N-methyl/N-ethyl adjacent to an activating group) is 1. The Morgan fingerprint density at radius 1 is 1.13 bits per heavy atom. The lowest BCUT2D eigenvalue weighted by atomic mass is 10.1. The van der Waals surface area contributed by atoms with E-state index in [-0.39, 0.29) is 22.3 Å². The van der Waals surface area contributed by atoms with Gasteiger partial charge < -0.3 is 14.4 Å². The highest BCUT2D eigenvalue weighted by atomic mass is 32.1. The smallest absolute Gasteiger partial charge is 0.273 e. The van der Waals surface area contributed by atoms with Gasteiger partial charge in [-0.25, -0.2) is 9.37 Å². The van der Waals surface area contributed by atoms with Crippen LogP contribution in [-0.4, -0.2) is 49.5 Å². The van der Waals surface area contributed by atoms with E-state index < -0.39 is 11.7 Å². The minimum Gasteiger partial charge on any atom is -0.493 e. The normalized spacial score (nSPS) is 10.5. The third-order valence-electron chi connectivity index (χ3n) is 4.56. The number of benzene rings is 2. The summed E-state index contributed by atoms with van der Waals surface area (Å²) in [5.41, 5.74) is 1.41. The molecule has 9 heteroatoms. The molecule has 0 fully saturated rings. The molecule has 2 amide bonds. The summed E-state index contributed by atoms with van der Waals surface area (Å²) in [5.74, 6) is 0.0227. The number of halogens is 1. The Morgan fingerprint density at radius 3 is 2.61 bits per heavy atom. The van der Waals surface area contributed by atoms with E-state index in [4.69, 9.17) is 9.47 Å². The van der Waals surface area contributed by atoms with Gasteiger partial charge in [-0.05, 0) is 42.3 Å². The van der Waals surface area contributed by atoms with Crippen LogP contribution in [0.1, 0.15) is 26.4 Å². The van der Waals surface area contributed by atoms with Crippen LogP contribution in [0.2, 0.25) is 0 Å². The van der Waals surface area contributed by atoms with E-state index in [1.807, 2.05) is 18.2 Å². The third-order valence-corrected chi connectivity index (χ3v) is 5.32. The molecule has 0 unspecified atom stereocenters. The predicted octanol–water partition coefficient (Wildman–Crippen LogP) is 3.87. The fourth-order valence-corrected chi connectivity index (χ4v) is 3.54. The summed E-state index contributed by atoms with van der Waals surface area (Å²) in [5, 5.41) is 4.44. The number of hydrogen-bond acceptors (Lipinski definition) is 6. The molecule has 162 valence electrons. The van der Waals surface area contributed by atoms with Crippen LogP contribution in [0.5, 0.6) is 11.5 Å². The van der Waals surface area contributed by atoms with Crippen molar-refractivity contribution in [1.82, 2.24) is 9.88 Å². The van der Waals surface area contributed by atoms with Gasteiger partial charge in [-0.1, -0.05) is 12.1 Å². The molecule has 0 aliphatic heterocycles. The first-order valence-corrected chi connectivity index (χ1v) is 10.3. The number of carbonyl (C=O) groups is 2. The van der Waals surface area contributed by atoms with Gasteiger partial charge in [0, 0.05) is 24.5 Å². The van der Waals surface area contributed by atoms with Gasteiger partial charge in [0.1, 0.15) is 11.5 Å². The number of ether oxygens (including phenoxy) is 2. The lowest BCUT2D eigenvalue weighted by Crippen LogP contribution is -2.29. The molecule has 1 N–H and O–H groups in total. The molecule has 0 saturated heterocycles. The number of carbonyl (C=O) groups excluding carboxylic acids is 2. The molecule has 0 bridgehead atoms. The van der Waals surface area contributed by atoms with Crippen LogP contribution in [0.4, 0.5) is 9.52 Å². The van der Waals surface area contributed by atoms with Gasteiger partial charge in [0.05, 0.1) is 14.2 Å². The van der Waals surface area contributed by atoms with Crippen molar-refractivity contribution in [2.45, 2.75) is 6.42 Å². The Morgan fingerprint density at radius 2 is 1.90 bits per heavy atom. The van der Waals surface area contributed by atoms with Crippen LogP contribution in [0.15, 0.2) is 47.8 Å². The second-order valence-corrected chi connectivity index (χ2v) is 7.53. The van der Waals surface area contributed by atoms with Gasteiger partial charge in [-0.2, -0.15) is 0 Å². The van der Waals surface area contributed by atoms with Gasteiger partial charge in [-0.3, -0.25) is 14.9 Å². The van der Waals surface area contributed by atoms with Crippen LogP contribution in [0, 0.1) is 5.82 Å². The molecule has 31 heavy (non-hydrogen) atoms. The van der Waals surface area contributed by atoms with E-state index >= 15 is 0 Å². The summed E-state index contributed by atoms with van der Waals surface area (Å²) in [4.78, 5) is 30.6. The third kappa shape index (κ3) is 5.58. The Hall–Kier alpha value is -3.46. The van der Waals surface area contributed by atoms with E-state index in [2.05, 4.69) is 10.3 Å². The van der Waals surface area contributed by atoms with Crippen molar-refractivity contribution in [3.8, 4) is 11.5 Å². The number of thiazole rings is 1. The second kappa shape index (κ2) is 10.0. The number of methoxy groups -OCH3 is 2. The Bertz CT molecular complexity index is 1090. The zero-order valence-electron chi connectivity index (χ0n) is 17.3. The van der Waals surface area contributed by atoms with Gasteiger partial charge in [0.15, 0.2) is 16.6 Å². The molecule has 0 atom stereocenters. The molecule has 0 aliphatic rings. The molecule has 3 rings (SSSR count). The number of aromatic nitrogens is 1. The highest BCUT2D eigenvalue weighted by Crippen LogP contribution is 2.27. The first-order chi connectivity index (χ1) is 14.9. The average Bonchev–Trinajstić information content (AvgIpc) is 3.25. The summed E-state index contributed by atoms with van der Waals surface area (Å²) in [7, 11) is 4.84. The fourth-order valence-electron chi connectivity index (χ4n) is 2.86. The molecule has 0 saturated carbocycles. The Labute approximate surface area is 183 Å². The van der Waals surface area contributed by atoms with Gasteiger partial charge in [0.25, 0.3) is 11.8 Å². The number of amides is 2. The molecular formula is C22H22FN3O4S. The van der Waals surface area contributed by atoms with Crippen molar-refractivity contribution >= 4 is 28.3 Å². The fraction of sp³-hybridized carbons (Fsp3) is 0.227.